The third-order valence-corrected chi connectivity index (χ3v) is 4.14. The summed E-state index contributed by atoms with van der Waals surface area (Å²) in [7, 11) is 0. The van der Waals surface area contributed by atoms with Crippen molar-refractivity contribution in [2.45, 2.75) is 37.7 Å². The maximum atomic E-state index is 13.7. The van der Waals surface area contributed by atoms with Crippen molar-refractivity contribution in [1.82, 2.24) is 4.98 Å². The van der Waals surface area contributed by atoms with Gasteiger partial charge in [-0.3, -0.25) is 14.9 Å². The lowest BCUT2D eigenvalue weighted by atomic mass is 9.75. The molecule has 1 amide bonds. The van der Waals surface area contributed by atoms with Gasteiger partial charge in [0.2, 0.25) is 0 Å². The summed E-state index contributed by atoms with van der Waals surface area (Å²) in [5.74, 6) is -5.73. The number of aromatic nitrogens is 1. The predicted molar refractivity (Wildman–Crippen MR) is 64.5 cm³/mol. The zero-order valence-electron chi connectivity index (χ0n) is 10.1. The van der Waals surface area contributed by atoms with Gasteiger partial charge in [0.15, 0.2) is 10.9 Å². The van der Waals surface area contributed by atoms with Crippen LogP contribution in [0.3, 0.4) is 0 Å². The molecule has 5 nitrogen and oxygen atoms in total. The Labute approximate surface area is 111 Å². The van der Waals surface area contributed by atoms with Crippen LogP contribution in [0.4, 0.5) is 13.9 Å². The normalized spacial score (nSPS) is 17.7. The van der Waals surface area contributed by atoms with Gasteiger partial charge in [0.05, 0.1) is 11.1 Å². The van der Waals surface area contributed by atoms with Crippen LogP contribution in [0.25, 0.3) is 0 Å². The van der Waals surface area contributed by atoms with Crippen molar-refractivity contribution in [3.8, 4) is 0 Å². The standard InChI is InChI=1S/C11H12F2N2O3S/c1-6(16)7-5-14-9(19-7)15-8(17)11(12,13)10(18)3-2-4-10/h5,18H,2-4H2,1H3,(H,14,15,17). The number of rotatable bonds is 4. The van der Waals surface area contributed by atoms with Gasteiger partial charge in [-0.05, 0) is 19.3 Å². The van der Waals surface area contributed by atoms with Crippen molar-refractivity contribution in [1.29, 1.82) is 0 Å². The number of carbonyl (C=O) groups excluding carboxylic acids is 2. The highest BCUT2D eigenvalue weighted by molar-refractivity contribution is 7.17. The fourth-order valence-corrected chi connectivity index (χ4v) is 2.41. The average Bonchev–Trinajstić information content (AvgIpc) is 2.74. The first-order chi connectivity index (χ1) is 8.76. The summed E-state index contributed by atoms with van der Waals surface area (Å²) in [4.78, 5) is 26.5. The van der Waals surface area contributed by atoms with Gasteiger partial charge in [0, 0.05) is 6.92 Å². The molecule has 1 saturated carbocycles. The van der Waals surface area contributed by atoms with Crippen LogP contribution in [0, 0.1) is 0 Å². The highest BCUT2D eigenvalue weighted by Gasteiger charge is 2.61. The van der Waals surface area contributed by atoms with Crippen molar-refractivity contribution in [2.24, 2.45) is 0 Å². The molecule has 0 aliphatic heterocycles. The maximum absolute atomic E-state index is 13.7. The second-order valence-electron chi connectivity index (χ2n) is 4.50. The summed E-state index contributed by atoms with van der Waals surface area (Å²) < 4.78 is 27.5. The first kappa shape index (κ1) is 14.0. The number of hydrogen-bond donors (Lipinski definition) is 2. The SMILES string of the molecule is CC(=O)c1cnc(NC(=O)C(F)(F)C2(O)CCC2)s1. The molecule has 1 aromatic rings. The van der Waals surface area contributed by atoms with E-state index in [1.807, 2.05) is 5.32 Å². The van der Waals surface area contributed by atoms with E-state index in [1.54, 1.807) is 0 Å². The molecule has 0 aromatic carbocycles. The first-order valence-electron chi connectivity index (χ1n) is 5.65. The lowest BCUT2D eigenvalue weighted by molar-refractivity contribution is -0.212. The lowest BCUT2D eigenvalue weighted by Gasteiger charge is -2.41. The molecular formula is C11H12F2N2O3S. The van der Waals surface area contributed by atoms with Crippen LogP contribution >= 0.6 is 11.3 Å². The minimum absolute atomic E-state index is 0.0854. The monoisotopic (exact) mass is 290 g/mol. The van der Waals surface area contributed by atoms with Crippen LogP contribution < -0.4 is 5.32 Å². The number of thiazole rings is 1. The molecule has 1 aromatic heterocycles. The Morgan fingerprint density at radius 1 is 1.53 bits per heavy atom. The summed E-state index contributed by atoms with van der Waals surface area (Å²) in [6, 6.07) is 0. The number of carbonyl (C=O) groups is 2. The Hall–Kier alpha value is -1.41. The molecule has 2 rings (SSSR count). The topological polar surface area (TPSA) is 79.3 Å². The van der Waals surface area contributed by atoms with Crippen LogP contribution in [0.1, 0.15) is 35.9 Å². The lowest BCUT2D eigenvalue weighted by Crippen LogP contribution is -2.59. The molecule has 1 fully saturated rings. The number of alkyl halides is 2. The van der Waals surface area contributed by atoms with E-state index in [9.17, 15) is 23.5 Å². The van der Waals surface area contributed by atoms with E-state index in [0.29, 0.717) is 6.42 Å². The van der Waals surface area contributed by atoms with Gasteiger partial charge in [-0.15, -0.1) is 0 Å². The van der Waals surface area contributed by atoms with Gasteiger partial charge >= 0.3 is 5.92 Å². The van der Waals surface area contributed by atoms with E-state index in [4.69, 9.17) is 0 Å². The molecule has 104 valence electrons. The zero-order chi connectivity index (χ0) is 14.3. The van der Waals surface area contributed by atoms with Crippen molar-refractivity contribution >= 4 is 28.2 Å². The van der Waals surface area contributed by atoms with Crippen LogP contribution in [0.2, 0.25) is 0 Å². The van der Waals surface area contributed by atoms with Gasteiger partial charge < -0.3 is 5.11 Å². The van der Waals surface area contributed by atoms with Crippen molar-refractivity contribution in [2.75, 3.05) is 5.32 Å². The highest BCUT2D eigenvalue weighted by Crippen LogP contribution is 2.44. The largest absolute Gasteiger partial charge is 0.383 e. The van der Waals surface area contributed by atoms with E-state index in [2.05, 4.69) is 4.98 Å². The third kappa shape index (κ3) is 2.37. The van der Waals surface area contributed by atoms with Gasteiger partial charge in [0.25, 0.3) is 5.91 Å². The molecule has 1 heterocycles. The smallest absolute Gasteiger partial charge is 0.352 e. The number of ketones is 1. The molecule has 0 unspecified atom stereocenters. The summed E-state index contributed by atoms with van der Waals surface area (Å²) >= 11 is 0.814. The summed E-state index contributed by atoms with van der Waals surface area (Å²) in [5, 5.41) is 11.5. The first-order valence-corrected chi connectivity index (χ1v) is 6.46. The fraction of sp³-hybridized carbons (Fsp3) is 0.545. The molecule has 0 spiro atoms. The number of halogens is 2. The predicted octanol–water partition coefficient (Wildman–Crippen LogP) is 1.83. The number of hydrogen-bond acceptors (Lipinski definition) is 5. The molecule has 0 bridgehead atoms. The van der Waals surface area contributed by atoms with E-state index in [-0.39, 0.29) is 28.6 Å². The molecule has 2 N–H and O–H groups in total. The van der Waals surface area contributed by atoms with Crippen molar-refractivity contribution in [3.63, 3.8) is 0 Å². The van der Waals surface area contributed by atoms with Crippen LogP contribution in [0.5, 0.6) is 0 Å². The zero-order valence-corrected chi connectivity index (χ0v) is 10.9. The fourth-order valence-electron chi connectivity index (χ4n) is 1.71. The van der Waals surface area contributed by atoms with Crippen LogP contribution in [-0.2, 0) is 4.79 Å². The molecule has 1 aliphatic carbocycles. The molecule has 0 atom stereocenters. The second-order valence-corrected chi connectivity index (χ2v) is 5.53. The van der Waals surface area contributed by atoms with Crippen LogP contribution in [0.15, 0.2) is 6.20 Å². The minimum atomic E-state index is -3.87. The summed E-state index contributed by atoms with van der Waals surface area (Å²) in [5.41, 5.74) is -2.27. The molecule has 8 heteroatoms. The van der Waals surface area contributed by atoms with E-state index < -0.39 is 17.4 Å². The Balaban J connectivity index is 2.09. The molecular weight excluding hydrogens is 278 g/mol. The molecule has 0 saturated heterocycles. The Bertz CT molecular complexity index is 526. The number of anilines is 1. The Morgan fingerprint density at radius 2 is 2.16 bits per heavy atom. The number of amides is 1. The van der Waals surface area contributed by atoms with E-state index in [1.165, 1.54) is 13.1 Å². The van der Waals surface area contributed by atoms with Gasteiger partial charge in [-0.25, -0.2) is 4.98 Å². The third-order valence-electron chi connectivity index (χ3n) is 3.12. The molecule has 1 aliphatic rings. The number of nitrogens with one attached hydrogen (secondary N) is 1. The molecule has 19 heavy (non-hydrogen) atoms. The van der Waals surface area contributed by atoms with E-state index in [0.717, 1.165) is 11.3 Å². The molecule has 0 radical (unpaired) electrons. The average molecular weight is 290 g/mol. The Kier molecular flexibility index (Phi) is 3.40. The maximum Gasteiger partial charge on any atom is 0.352 e. The minimum Gasteiger partial charge on any atom is -0.383 e. The van der Waals surface area contributed by atoms with Gasteiger partial charge in [-0.2, -0.15) is 8.78 Å². The highest BCUT2D eigenvalue weighted by atomic mass is 32.1. The number of Topliss-reactive ketones (excluding diaryl/α,β-unsaturated/α-hetero) is 1. The second kappa shape index (κ2) is 4.61. The van der Waals surface area contributed by atoms with Crippen molar-refractivity contribution < 1.29 is 23.5 Å². The summed E-state index contributed by atoms with van der Waals surface area (Å²) in [6.45, 7) is 1.31. The quantitative estimate of drug-likeness (QED) is 0.829. The van der Waals surface area contributed by atoms with Gasteiger partial charge in [-0.1, -0.05) is 11.3 Å². The number of nitrogens with zero attached hydrogens (tertiary/aromatic N) is 1. The van der Waals surface area contributed by atoms with Crippen molar-refractivity contribution in [3.05, 3.63) is 11.1 Å². The number of aliphatic hydroxyl groups is 1. The summed E-state index contributed by atoms with van der Waals surface area (Å²) in [6.07, 6.45) is 1.46. The van der Waals surface area contributed by atoms with E-state index >= 15 is 0 Å². The Morgan fingerprint density at radius 3 is 2.58 bits per heavy atom. The van der Waals surface area contributed by atoms with Gasteiger partial charge in [0.1, 0.15) is 5.60 Å². The van der Waals surface area contributed by atoms with Crippen LogP contribution in [-0.4, -0.2) is 33.3 Å².